The highest BCUT2D eigenvalue weighted by molar-refractivity contribution is 8.18. The van der Waals surface area contributed by atoms with Gasteiger partial charge in [-0.2, -0.15) is 0 Å². The number of amides is 2. The summed E-state index contributed by atoms with van der Waals surface area (Å²) in [6, 6.07) is 7.94. The molecule has 2 saturated heterocycles. The molecule has 2 aliphatic heterocycles. The molecule has 2 heterocycles. The van der Waals surface area contributed by atoms with E-state index < -0.39 is 0 Å². The molecule has 0 unspecified atom stereocenters. The number of anilines is 1. The fourth-order valence-corrected chi connectivity index (χ4v) is 3.64. The molecule has 0 bridgehead atoms. The van der Waals surface area contributed by atoms with Crippen LogP contribution in [0.4, 0.5) is 10.5 Å². The number of rotatable bonds is 3. The van der Waals surface area contributed by atoms with E-state index in [4.69, 9.17) is 4.74 Å². The van der Waals surface area contributed by atoms with Crippen LogP contribution in [0, 0.1) is 0 Å². The average molecular weight is 332 g/mol. The second kappa shape index (κ2) is 6.76. The quantitative estimate of drug-likeness (QED) is 0.797. The molecule has 2 amide bonds. The van der Waals surface area contributed by atoms with Crippen LogP contribution in [0.25, 0.3) is 6.08 Å². The highest BCUT2D eigenvalue weighted by Gasteiger charge is 2.36. The van der Waals surface area contributed by atoms with E-state index in [1.54, 1.807) is 6.08 Å². The molecule has 0 saturated carbocycles. The van der Waals surface area contributed by atoms with Crippen molar-refractivity contribution in [3.8, 4) is 0 Å². The number of ether oxygens (including phenoxy) is 1. The Hall–Kier alpha value is -1.79. The van der Waals surface area contributed by atoms with Crippen molar-refractivity contribution in [2.45, 2.75) is 19.9 Å². The van der Waals surface area contributed by atoms with Crippen LogP contribution in [0.3, 0.4) is 0 Å². The Morgan fingerprint density at radius 2 is 1.78 bits per heavy atom. The van der Waals surface area contributed by atoms with Gasteiger partial charge in [-0.3, -0.25) is 14.5 Å². The number of nitrogens with zero attached hydrogens (tertiary/aromatic N) is 2. The summed E-state index contributed by atoms with van der Waals surface area (Å²) in [6.45, 7) is 6.99. The zero-order chi connectivity index (χ0) is 16.4. The van der Waals surface area contributed by atoms with Crippen LogP contribution >= 0.6 is 11.8 Å². The van der Waals surface area contributed by atoms with Gasteiger partial charge in [-0.05, 0) is 49.4 Å². The van der Waals surface area contributed by atoms with Crippen molar-refractivity contribution in [1.29, 1.82) is 0 Å². The first-order chi connectivity index (χ1) is 11.1. The fourth-order valence-electron chi connectivity index (χ4n) is 2.68. The molecule has 0 aromatic heterocycles. The topological polar surface area (TPSA) is 49.9 Å². The summed E-state index contributed by atoms with van der Waals surface area (Å²) in [5.41, 5.74) is 2.08. The van der Waals surface area contributed by atoms with Gasteiger partial charge < -0.3 is 9.64 Å². The van der Waals surface area contributed by atoms with Crippen molar-refractivity contribution in [2.75, 3.05) is 31.2 Å². The van der Waals surface area contributed by atoms with Gasteiger partial charge >= 0.3 is 0 Å². The van der Waals surface area contributed by atoms with Crippen molar-refractivity contribution in [3.63, 3.8) is 0 Å². The smallest absolute Gasteiger partial charge is 0.293 e. The Labute approximate surface area is 140 Å². The molecule has 2 aliphatic rings. The lowest BCUT2D eigenvalue weighted by molar-refractivity contribution is -0.123. The molecule has 5 nitrogen and oxygen atoms in total. The third-order valence-corrected chi connectivity index (χ3v) is 4.79. The molecule has 3 rings (SSSR count). The van der Waals surface area contributed by atoms with Crippen LogP contribution in [0.15, 0.2) is 29.2 Å². The van der Waals surface area contributed by atoms with Crippen molar-refractivity contribution in [2.24, 2.45) is 0 Å². The molecule has 0 aliphatic carbocycles. The summed E-state index contributed by atoms with van der Waals surface area (Å²) >= 11 is 1.01. The Bertz CT molecular complexity index is 634. The standard InChI is InChI=1S/C17H20N2O3S/c1-12(2)19-16(20)15(23-17(19)21)11-13-3-5-14(6-4-13)18-7-9-22-10-8-18/h3-6,11-12H,7-10H2,1-2H3/b15-11-. The van der Waals surface area contributed by atoms with Crippen molar-refractivity contribution in [3.05, 3.63) is 34.7 Å². The lowest BCUT2D eigenvalue weighted by atomic mass is 10.1. The number of imide groups is 1. The maximum atomic E-state index is 12.3. The summed E-state index contributed by atoms with van der Waals surface area (Å²) in [5.74, 6) is -0.202. The predicted octanol–water partition coefficient (Wildman–Crippen LogP) is 2.97. The van der Waals surface area contributed by atoms with Crippen LogP contribution < -0.4 is 4.90 Å². The maximum Gasteiger partial charge on any atom is 0.293 e. The van der Waals surface area contributed by atoms with Crippen molar-refractivity contribution in [1.82, 2.24) is 4.90 Å². The second-order valence-corrected chi connectivity index (χ2v) is 6.83. The summed E-state index contributed by atoms with van der Waals surface area (Å²) in [7, 11) is 0. The number of carbonyl (C=O) groups is 2. The zero-order valence-electron chi connectivity index (χ0n) is 13.3. The number of morpholine rings is 1. The number of thioether (sulfide) groups is 1. The molecule has 1 aromatic carbocycles. The zero-order valence-corrected chi connectivity index (χ0v) is 14.1. The predicted molar refractivity (Wildman–Crippen MR) is 92.4 cm³/mol. The molecule has 0 N–H and O–H groups in total. The van der Waals surface area contributed by atoms with Gasteiger partial charge in [0.25, 0.3) is 11.1 Å². The van der Waals surface area contributed by atoms with Crippen LogP contribution in [0.5, 0.6) is 0 Å². The summed E-state index contributed by atoms with van der Waals surface area (Å²) in [5, 5.41) is -0.193. The number of hydrogen-bond donors (Lipinski definition) is 0. The number of hydrogen-bond acceptors (Lipinski definition) is 5. The Morgan fingerprint density at radius 1 is 1.13 bits per heavy atom. The minimum Gasteiger partial charge on any atom is -0.378 e. The van der Waals surface area contributed by atoms with Crippen LogP contribution in [-0.2, 0) is 9.53 Å². The van der Waals surface area contributed by atoms with E-state index in [-0.39, 0.29) is 17.2 Å². The Kier molecular flexibility index (Phi) is 4.73. The molecule has 0 radical (unpaired) electrons. The van der Waals surface area contributed by atoms with Gasteiger partial charge in [-0.15, -0.1) is 0 Å². The molecule has 6 heteroatoms. The fraction of sp³-hybridized carbons (Fsp3) is 0.412. The first-order valence-corrected chi connectivity index (χ1v) is 8.58. The minimum atomic E-state index is -0.202. The van der Waals surface area contributed by atoms with Gasteiger partial charge in [-0.1, -0.05) is 12.1 Å². The monoisotopic (exact) mass is 332 g/mol. The molecule has 122 valence electrons. The Balaban J connectivity index is 1.75. The van der Waals surface area contributed by atoms with Crippen LogP contribution in [0.2, 0.25) is 0 Å². The van der Waals surface area contributed by atoms with E-state index >= 15 is 0 Å². The van der Waals surface area contributed by atoms with E-state index in [2.05, 4.69) is 4.90 Å². The SMILES string of the molecule is CC(C)N1C(=O)S/C(=C\c2ccc(N3CCOCC3)cc2)C1=O. The highest BCUT2D eigenvalue weighted by Crippen LogP contribution is 2.33. The second-order valence-electron chi connectivity index (χ2n) is 5.84. The van der Waals surface area contributed by atoms with Crippen molar-refractivity contribution >= 4 is 34.7 Å². The van der Waals surface area contributed by atoms with Gasteiger partial charge in [0.05, 0.1) is 18.1 Å². The number of benzene rings is 1. The summed E-state index contributed by atoms with van der Waals surface area (Å²) < 4.78 is 5.36. The average Bonchev–Trinajstić information content (AvgIpc) is 2.83. The van der Waals surface area contributed by atoms with Crippen LogP contribution in [-0.4, -0.2) is 48.4 Å². The van der Waals surface area contributed by atoms with E-state index in [1.807, 2.05) is 38.1 Å². The summed E-state index contributed by atoms with van der Waals surface area (Å²) in [4.78, 5) is 28.2. The van der Waals surface area contributed by atoms with Gasteiger partial charge in [0.2, 0.25) is 0 Å². The molecule has 23 heavy (non-hydrogen) atoms. The van der Waals surface area contributed by atoms with Crippen LogP contribution in [0.1, 0.15) is 19.4 Å². The normalized spacial score (nSPS) is 20.9. The molecule has 1 aromatic rings. The minimum absolute atomic E-state index is 0.114. The largest absolute Gasteiger partial charge is 0.378 e. The maximum absolute atomic E-state index is 12.3. The third-order valence-electron chi connectivity index (χ3n) is 3.91. The Morgan fingerprint density at radius 3 is 2.35 bits per heavy atom. The lowest BCUT2D eigenvalue weighted by Crippen LogP contribution is -2.36. The van der Waals surface area contributed by atoms with Gasteiger partial charge in [-0.25, -0.2) is 0 Å². The summed E-state index contributed by atoms with van der Waals surface area (Å²) in [6.07, 6.45) is 1.79. The van der Waals surface area contributed by atoms with E-state index in [0.717, 1.165) is 49.3 Å². The first kappa shape index (κ1) is 16.1. The van der Waals surface area contributed by atoms with E-state index in [9.17, 15) is 9.59 Å². The van der Waals surface area contributed by atoms with E-state index in [1.165, 1.54) is 4.90 Å². The molecule has 0 atom stereocenters. The first-order valence-electron chi connectivity index (χ1n) is 7.76. The van der Waals surface area contributed by atoms with Gasteiger partial charge in [0.15, 0.2) is 0 Å². The lowest BCUT2D eigenvalue weighted by Gasteiger charge is -2.28. The molecular weight excluding hydrogens is 312 g/mol. The molecule has 0 spiro atoms. The highest BCUT2D eigenvalue weighted by atomic mass is 32.2. The van der Waals surface area contributed by atoms with Gasteiger partial charge in [0, 0.05) is 24.8 Å². The third kappa shape index (κ3) is 3.43. The molecule has 2 fully saturated rings. The van der Waals surface area contributed by atoms with E-state index in [0.29, 0.717) is 4.91 Å². The number of carbonyl (C=O) groups excluding carboxylic acids is 2. The van der Waals surface area contributed by atoms with Crippen molar-refractivity contribution < 1.29 is 14.3 Å². The van der Waals surface area contributed by atoms with Gasteiger partial charge in [0.1, 0.15) is 0 Å². The molecular formula is C17H20N2O3S.